The number of aromatic nitrogens is 2. The van der Waals surface area contributed by atoms with Gasteiger partial charge in [0.25, 0.3) is 5.91 Å². The summed E-state index contributed by atoms with van der Waals surface area (Å²) in [5.74, 6) is -0.356. The predicted molar refractivity (Wildman–Crippen MR) is 129 cm³/mol. The normalized spacial score (nSPS) is 15.3. The maximum Gasteiger partial charge on any atom is 0.257 e. The lowest BCUT2D eigenvalue weighted by Gasteiger charge is -2.26. The van der Waals surface area contributed by atoms with Crippen molar-refractivity contribution < 1.29 is 13.2 Å². The van der Waals surface area contributed by atoms with Crippen molar-refractivity contribution in [1.29, 1.82) is 0 Å². The Bertz CT molecular complexity index is 1400. The Morgan fingerprint density at radius 3 is 2.58 bits per heavy atom. The fourth-order valence-electron chi connectivity index (χ4n) is 3.74. The molecule has 5 rings (SSSR count). The molecule has 2 aromatic carbocycles. The molecule has 1 aliphatic heterocycles. The maximum absolute atomic E-state index is 13.1. The van der Waals surface area contributed by atoms with E-state index in [1.54, 1.807) is 6.20 Å². The molecule has 0 radical (unpaired) electrons. The maximum atomic E-state index is 13.1. The number of hydrogen-bond acceptors (Lipinski definition) is 7. The Kier molecular flexibility index (Phi) is 5.65. The van der Waals surface area contributed by atoms with Gasteiger partial charge in [0.2, 0.25) is 0 Å². The van der Waals surface area contributed by atoms with Crippen LogP contribution in [0.1, 0.15) is 22.3 Å². The minimum atomic E-state index is -3.59. The van der Waals surface area contributed by atoms with E-state index in [1.165, 1.54) is 35.6 Å². The fraction of sp³-hybridized carbons (Fsp3) is 0.125. The van der Waals surface area contributed by atoms with Gasteiger partial charge in [-0.2, -0.15) is 0 Å². The first-order chi connectivity index (χ1) is 16.0. The van der Waals surface area contributed by atoms with Crippen molar-refractivity contribution in [2.45, 2.75) is 23.1 Å². The topological polar surface area (TPSA) is 101 Å². The van der Waals surface area contributed by atoms with Crippen molar-refractivity contribution in [3.05, 3.63) is 89.4 Å². The lowest BCUT2D eigenvalue weighted by atomic mass is 10.0. The molecule has 0 spiro atoms. The molecule has 3 heterocycles. The summed E-state index contributed by atoms with van der Waals surface area (Å²) >= 11 is 1.30. The molecular weight excluding hydrogens is 456 g/mol. The summed E-state index contributed by atoms with van der Waals surface area (Å²) in [6, 6.07) is 19.3. The molecule has 0 bridgehead atoms. The largest absolute Gasteiger partial charge is 0.369 e. The van der Waals surface area contributed by atoms with Gasteiger partial charge in [-0.05, 0) is 60.9 Å². The molecule has 33 heavy (non-hydrogen) atoms. The number of pyridine rings is 1. The van der Waals surface area contributed by atoms with Gasteiger partial charge >= 0.3 is 0 Å². The SMILES string of the molecule is O=C(Nc1nc(-c2ccccn2)cs1)c1ccc(S(=O)(=O)C2CCc3ccccc3N2)cc1. The molecule has 0 fully saturated rings. The Morgan fingerprint density at radius 1 is 1.00 bits per heavy atom. The molecule has 1 unspecified atom stereocenters. The van der Waals surface area contributed by atoms with E-state index in [0.717, 1.165) is 16.9 Å². The number of rotatable bonds is 5. The number of hydrogen-bond donors (Lipinski definition) is 2. The summed E-state index contributed by atoms with van der Waals surface area (Å²) in [6.07, 6.45) is 2.87. The van der Waals surface area contributed by atoms with Crippen LogP contribution < -0.4 is 10.6 Å². The molecule has 2 aromatic heterocycles. The minimum absolute atomic E-state index is 0.183. The molecule has 166 valence electrons. The molecule has 0 saturated carbocycles. The summed E-state index contributed by atoms with van der Waals surface area (Å²) in [6.45, 7) is 0. The van der Waals surface area contributed by atoms with Crippen LogP contribution in [0.15, 0.2) is 83.2 Å². The number of para-hydroxylation sites is 1. The highest BCUT2D eigenvalue weighted by Crippen LogP contribution is 2.30. The Hall–Kier alpha value is -3.56. The second-order valence-electron chi connectivity index (χ2n) is 7.61. The number of fused-ring (bicyclic) bond motifs is 1. The van der Waals surface area contributed by atoms with Crippen LogP contribution in [0.25, 0.3) is 11.4 Å². The van der Waals surface area contributed by atoms with Gasteiger partial charge in [0.1, 0.15) is 11.1 Å². The van der Waals surface area contributed by atoms with Crippen LogP contribution in [0.3, 0.4) is 0 Å². The summed E-state index contributed by atoms with van der Waals surface area (Å²) in [5.41, 5.74) is 3.72. The first-order valence-electron chi connectivity index (χ1n) is 10.4. The van der Waals surface area contributed by atoms with Crippen molar-refractivity contribution in [2.75, 3.05) is 10.6 Å². The quantitative estimate of drug-likeness (QED) is 0.436. The number of thiazole rings is 1. The smallest absolute Gasteiger partial charge is 0.257 e. The Labute approximate surface area is 195 Å². The van der Waals surface area contributed by atoms with E-state index in [4.69, 9.17) is 0 Å². The molecular formula is C24H20N4O3S2. The molecule has 2 N–H and O–H groups in total. The second-order valence-corrected chi connectivity index (χ2v) is 10.6. The van der Waals surface area contributed by atoms with Crippen molar-refractivity contribution >= 4 is 37.9 Å². The number of carbonyl (C=O) groups is 1. The fourth-order valence-corrected chi connectivity index (χ4v) is 5.99. The average Bonchev–Trinajstić information content (AvgIpc) is 3.33. The number of nitrogens with one attached hydrogen (secondary N) is 2. The van der Waals surface area contributed by atoms with Crippen molar-refractivity contribution in [3.63, 3.8) is 0 Å². The van der Waals surface area contributed by atoms with E-state index >= 15 is 0 Å². The summed E-state index contributed by atoms with van der Waals surface area (Å²) in [7, 11) is -3.59. The van der Waals surface area contributed by atoms with Crippen LogP contribution in [-0.4, -0.2) is 29.7 Å². The Balaban J connectivity index is 1.28. The van der Waals surface area contributed by atoms with Crippen LogP contribution >= 0.6 is 11.3 Å². The third kappa shape index (κ3) is 4.37. The molecule has 0 aliphatic carbocycles. The number of sulfone groups is 1. The number of amides is 1. The van der Waals surface area contributed by atoms with Gasteiger partial charge in [-0.3, -0.25) is 15.1 Å². The molecule has 1 atom stereocenters. The van der Waals surface area contributed by atoms with Crippen LogP contribution in [0, 0.1) is 0 Å². The molecule has 7 nitrogen and oxygen atoms in total. The van der Waals surface area contributed by atoms with Crippen LogP contribution in [0.4, 0.5) is 10.8 Å². The standard InChI is InChI=1S/C24H20N4O3S2/c29-23(28-24-27-21(15-32-24)20-7-3-4-14-25-20)17-8-11-18(12-9-17)33(30,31)22-13-10-16-5-1-2-6-19(16)26-22/h1-9,11-12,14-15,22,26H,10,13H2,(H,27,28,29). The average molecular weight is 477 g/mol. The van der Waals surface area contributed by atoms with Crippen LogP contribution in [0.5, 0.6) is 0 Å². The first kappa shape index (κ1) is 21.3. The van der Waals surface area contributed by atoms with Gasteiger partial charge in [-0.25, -0.2) is 13.4 Å². The van der Waals surface area contributed by atoms with Crippen molar-refractivity contribution in [1.82, 2.24) is 9.97 Å². The summed E-state index contributed by atoms with van der Waals surface area (Å²) in [5, 5.41) is 7.47. The Morgan fingerprint density at radius 2 is 1.79 bits per heavy atom. The third-order valence-corrected chi connectivity index (χ3v) is 8.27. The van der Waals surface area contributed by atoms with E-state index in [0.29, 0.717) is 29.2 Å². The summed E-state index contributed by atoms with van der Waals surface area (Å²) < 4.78 is 26.3. The minimum Gasteiger partial charge on any atom is -0.369 e. The number of nitrogens with zero attached hydrogens (tertiary/aromatic N) is 2. The number of benzene rings is 2. The van der Waals surface area contributed by atoms with E-state index in [9.17, 15) is 13.2 Å². The number of anilines is 2. The predicted octanol–water partition coefficient (Wildman–Crippen LogP) is 4.62. The molecule has 1 aliphatic rings. The van der Waals surface area contributed by atoms with Crippen molar-refractivity contribution in [3.8, 4) is 11.4 Å². The van der Waals surface area contributed by atoms with Gasteiger partial charge in [-0.15, -0.1) is 11.3 Å². The van der Waals surface area contributed by atoms with E-state index in [1.807, 2.05) is 47.8 Å². The lowest BCUT2D eigenvalue weighted by Crippen LogP contribution is -2.33. The van der Waals surface area contributed by atoms with E-state index < -0.39 is 15.2 Å². The first-order valence-corrected chi connectivity index (χ1v) is 12.8. The highest BCUT2D eigenvalue weighted by molar-refractivity contribution is 7.92. The van der Waals surface area contributed by atoms with E-state index in [-0.39, 0.29) is 10.8 Å². The monoisotopic (exact) mass is 476 g/mol. The van der Waals surface area contributed by atoms with E-state index in [2.05, 4.69) is 20.6 Å². The molecule has 1 amide bonds. The molecule has 0 saturated heterocycles. The second kappa shape index (κ2) is 8.76. The lowest BCUT2D eigenvalue weighted by molar-refractivity contribution is 0.102. The molecule has 9 heteroatoms. The zero-order valence-electron chi connectivity index (χ0n) is 17.4. The highest BCUT2D eigenvalue weighted by Gasteiger charge is 2.30. The van der Waals surface area contributed by atoms with Crippen LogP contribution in [0.2, 0.25) is 0 Å². The van der Waals surface area contributed by atoms with Gasteiger partial charge < -0.3 is 5.32 Å². The summed E-state index contributed by atoms with van der Waals surface area (Å²) in [4.78, 5) is 21.5. The highest BCUT2D eigenvalue weighted by atomic mass is 32.2. The van der Waals surface area contributed by atoms with Crippen LogP contribution in [-0.2, 0) is 16.3 Å². The van der Waals surface area contributed by atoms with Gasteiger partial charge in [0.05, 0.1) is 10.6 Å². The number of aryl methyl sites for hydroxylation is 1. The van der Waals surface area contributed by atoms with Gasteiger partial charge in [0, 0.05) is 22.8 Å². The number of carbonyl (C=O) groups excluding carboxylic acids is 1. The van der Waals surface area contributed by atoms with Gasteiger partial charge in [-0.1, -0.05) is 24.3 Å². The zero-order chi connectivity index (χ0) is 22.8. The van der Waals surface area contributed by atoms with Crippen molar-refractivity contribution in [2.24, 2.45) is 0 Å². The molecule has 4 aromatic rings. The zero-order valence-corrected chi connectivity index (χ0v) is 19.1. The van der Waals surface area contributed by atoms with Gasteiger partial charge in [0.15, 0.2) is 15.0 Å². The third-order valence-electron chi connectivity index (χ3n) is 5.48.